The van der Waals surface area contributed by atoms with Crippen molar-refractivity contribution in [3.8, 4) is 22.6 Å². The number of carboxylic acid groups (broad SMARTS) is 1. The second-order valence-electron chi connectivity index (χ2n) is 23.1. The Hall–Kier alpha value is -10.2. The quantitative estimate of drug-likeness (QED) is 0.0157. The molecule has 0 aliphatic carbocycles. The molecule has 0 fully saturated rings. The van der Waals surface area contributed by atoms with E-state index in [2.05, 4.69) is 26.6 Å². The Morgan fingerprint density at radius 1 is 0.440 bits per heavy atom. The fourth-order valence-electron chi connectivity index (χ4n) is 9.42. The number of carboxylic acids is 1. The Bertz CT molecular complexity index is 3480. The number of hydrogen-bond donors (Lipinski definition) is 7. The molecular weight excluding hydrogens is 1160 g/mol. The Morgan fingerprint density at radius 2 is 0.835 bits per heavy atom. The van der Waals surface area contributed by atoms with Crippen LogP contribution in [0, 0.1) is 5.92 Å². The average Bonchev–Trinajstić information content (AvgIpc) is 1.07. The molecule has 0 aliphatic rings. The molecule has 478 valence electrons. The highest BCUT2D eigenvalue weighted by Gasteiger charge is 2.34. The molecule has 20 nitrogen and oxygen atoms in total. The maximum Gasteiger partial charge on any atom is 0.408 e. The second-order valence-corrected chi connectivity index (χ2v) is 23.1. The molecule has 0 saturated heterocycles. The topological polar surface area (TPSA) is 275 Å². The Kier molecular flexibility index (Phi) is 25.9. The lowest BCUT2D eigenvalue weighted by molar-refractivity contribution is -0.150. The summed E-state index contributed by atoms with van der Waals surface area (Å²) in [6.45, 7) is 8.15. The highest BCUT2D eigenvalue weighted by molar-refractivity contribution is 5.93. The van der Waals surface area contributed by atoms with Crippen LogP contribution >= 0.6 is 0 Å². The van der Waals surface area contributed by atoms with Gasteiger partial charge in [0.05, 0.1) is 6.10 Å². The van der Waals surface area contributed by atoms with Crippen LogP contribution in [0.25, 0.3) is 11.1 Å². The molecule has 1 unspecified atom stereocenters. The van der Waals surface area contributed by atoms with Gasteiger partial charge in [0.1, 0.15) is 74.3 Å². The molecule has 5 atom stereocenters. The van der Waals surface area contributed by atoms with Crippen molar-refractivity contribution in [1.29, 1.82) is 0 Å². The molecule has 7 aromatic rings. The van der Waals surface area contributed by atoms with Crippen molar-refractivity contribution < 1.29 is 72.2 Å². The zero-order chi connectivity index (χ0) is 65.1. The van der Waals surface area contributed by atoms with Gasteiger partial charge in [-0.1, -0.05) is 178 Å². The lowest BCUT2D eigenvalue weighted by Gasteiger charge is -2.28. The highest BCUT2D eigenvalue weighted by atomic mass is 16.6. The molecule has 7 N–H and O–H groups in total. The molecule has 20 heteroatoms. The number of amides is 5. The maximum absolute atomic E-state index is 15.2. The van der Waals surface area contributed by atoms with Gasteiger partial charge in [-0.2, -0.15) is 0 Å². The molecule has 7 aromatic carbocycles. The third-order valence-corrected chi connectivity index (χ3v) is 14.0. The Labute approximate surface area is 530 Å². The van der Waals surface area contributed by atoms with E-state index in [0.29, 0.717) is 39.1 Å². The largest absolute Gasteiger partial charge is 0.489 e. The zero-order valence-corrected chi connectivity index (χ0v) is 51.6. The SMILES string of the molecule is CC(C)C[C@H](NC(=O)[C@H](Cc1cc(-c2ccc(OCc3ccccc3)c(C[C@H](NC(=O)OCc3ccccc3)C(=O)O)c2)ccc1OCc1ccccc1)NC(=O)C(C[C@@H](O)CNC(=O)OCc1ccccc1)NC(=O)OC(C)(C)C)C(=O)OCc1ccccc1. The third-order valence-electron chi connectivity index (χ3n) is 14.0. The van der Waals surface area contributed by atoms with Crippen molar-refractivity contribution >= 4 is 42.0 Å². The standard InChI is InChI=1S/C71H79N5O15/c1-47(2)35-61(67(82)88-44-50-25-15-8-16-26-50)74-64(78)58(73-65(79)59(75-70(85)91-71(3,4)5)40-57(77)41-72-68(83)89-45-51-27-17-9-18-28-51)38-55-36-53(31-33-62(55)86-42-48-21-11-6-12-22-48)54-32-34-63(87-43-49-23-13-7-14-24-49)56(37-54)39-60(66(80)81)76-69(84)90-46-52-29-19-10-20-30-52/h6-34,36-37,47,57-61,77H,35,38-46H2,1-5H3,(H,72,83)(H,73,79)(H,74,78)(H,75,85)(H,76,84)(H,80,81)/t57-,58+,59?,60+,61+/m1/s1. The van der Waals surface area contributed by atoms with Crippen LogP contribution in [-0.2, 0) is 84.0 Å². The van der Waals surface area contributed by atoms with Gasteiger partial charge in [-0.15, -0.1) is 0 Å². The van der Waals surface area contributed by atoms with E-state index in [1.165, 1.54) is 0 Å². The summed E-state index contributed by atoms with van der Waals surface area (Å²) < 4.78 is 34.9. The van der Waals surface area contributed by atoms with Crippen molar-refractivity contribution in [2.75, 3.05) is 6.54 Å². The summed E-state index contributed by atoms with van der Waals surface area (Å²) >= 11 is 0. The number of aliphatic hydroxyl groups is 1. The number of ether oxygens (including phenoxy) is 6. The molecule has 0 heterocycles. The van der Waals surface area contributed by atoms with Crippen molar-refractivity contribution in [1.82, 2.24) is 26.6 Å². The van der Waals surface area contributed by atoms with Crippen LogP contribution in [-0.4, -0.2) is 94.7 Å². The summed E-state index contributed by atoms with van der Waals surface area (Å²) in [7, 11) is 0. The van der Waals surface area contributed by atoms with Crippen LogP contribution in [0.1, 0.15) is 86.4 Å². The Balaban J connectivity index is 1.25. The Morgan fingerprint density at radius 3 is 1.27 bits per heavy atom. The first-order valence-corrected chi connectivity index (χ1v) is 30.0. The first kappa shape index (κ1) is 68.3. The normalized spacial score (nSPS) is 12.7. The number of carbonyl (C=O) groups excluding carboxylic acids is 6. The van der Waals surface area contributed by atoms with E-state index in [4.69, 9.17) is 28.4 Å². The number of alkyl carbamates (subject to hydrolysis) is 3. The molecule has 7 rings (SSSR count). The summed E-state index contributed by atoms with van der Waals surface area (Å²) in [5.74, 6) is -3.36. The fourth-order valence-corrected chi connectivity index (χ4v) is 9.42. The summed E-state index contributed by atoms with van der Waals surface area (Å²) in [6.07, 6.45) is -5.23. The predicted octanol–water partition coefficient (Wildman–Crippen LogP) is 10.3. The van der Waals surface area contributed by atoms with Crippen LogP contribution in [0.4, 0.5) is 14.4 Å². The monoisotopic (exact) mass is 1240 g/mol. The lowest BCUT2D eigenvalue weighted by atomic mass is 9.94. The number of aliphatic hydroxyl groups excluding tert-OH is 1. The van der Waals surface area contributed by atoms with E-state index in [9.17, 15) is 39.0 Å². The van der Waals surface area contributed by atoms with Gasteiger partial charge in [-0.3, -0.25) is 9.59 Å². The van der Waals surface area contributed by atoms with Gasteiger partial charge < -0.3 is 65.2 Å². The van der Waals surface area contributed by atoms with Gasteiger partial charge in [0.15, 0.2) is 0 Å². The van der Waals surface area contributed by atoms with Crippen LogP contribution in [0.2, 0.25) is 0 Å². The molecule has 0 aliphatic heterocycles. The zero-order valence-electron chi connectivity index (χ0n) is 51.6. The molecule has 0 saturated carbocycles. The summed E-state index contributed by atoms with van der Waals surface area (Å²) in [5, 5.41) is 35.1. The first-order valence-electron chi connectivity index (χ1n) is 30.0. The van der Waals surface area contributed by atoms with Crippen molar-refractivity contribution in [3.05, 3.63) is 227 Å². The number of aliphatic carboxylic acids is 1. The summed E-state index contributed by atoms with van der Waals surface area (Å²) in [4.78, 5) is 96.5. The number of carbonyl (C=O) groups is 7. The molecule has 0 spiro atoms. The van der Waals surface area contributed by atoms with Crippen LogP contribution in [0.3, 0.4) is 0 Å². The van der Waals surface area contributed by atoms with Crippen molar-refractivity contribution in [3.63, 3.8) is 0 Å². The number of esters is 1. The van der Waals surface area contributed by atoms with E-state index < -0.39 is 90.9 Å². The molecule has 0 bridgehead atoms. The minimum atomic E-state index is -1.60. The third kappa shape index (κ3) is 23.7. The van der Waals surface area contributed by atoms with E-state index >= 15 is 4.79 Å². The average molecular weight is 1240 g/mol. The van der Waals surface area contributed by atoms with Crippen LogP contribution in [0.15, 0.2) is 188 Å². The molecular formula is C71H79N5O15. The fraction of sp³-hybridized carbons (Fsp3) is 0.310. The van der Waals surface area contributed by atoms with Gasteiger partial charge in [-0.05, 0) is 107 Å². The van der Waals surface area contributed by atoms with Gasteiger partial charge in [0.2, 0.25) is 11.8 Å². The van der Waals surface area contributed by atoms with Gasteiger partial charge in [0.25, 0.3) is 0 Å². The van der Waals surface area contributed by atoms with E-state index in [-0.39, 0.29) is 64.0 Å². The first-order chi connectivity index (χ1) is 43.7. The number of benzene rings is 7. The number of nitrogens with one attached hydrogen (secondary N) is 5. The minimum absolute atomic E-state index is 0.0554. The smallest absolute Gasteiger partial charge is 0.408 e. The molecule has 0 aromatic heterocycles. The van der Waals surface area contributed by atoms with Crippen LogP contribution < -0.4 is 36.1 Å². The van der Waals surface area contributed by atoms with Gasteiger partial charge in [0, 0.05) is 25.8 Å². The molecule has 91 heavy (non-hydrogen) atoms. The van der Waals surface area contributed by atoms with Crippen molar-refractivity contribution in [2.45, 2.75) is 129 Å². The lowest BCUT2D eigenvalue weighted by Crippen LogP contribution is -2.57. The number of rotatable bonds is 31. The second kappa shape index (κ2) is 34.5. The van der Waals surface area contributed by atoms with Crippen molar-refractivity contribution in [2.24, 2.45) is 5.92 Å². The highest BCUT2D eigenvalue weighted by Crippen LogP contribution is 2.33. The minimum Gasteiger partial charge on any atom is -0.489 e. The van der Waals surface area contributed by atoms with E-state index in [0.717, 1.165) is 16.7 Å². The predicted molar refractivity (Wildman–Crippen MR) is 340 cm³/mol. The molecule has 5 amide bonds. The summed E-state index contributed by atoms with van der Waals surface area (Å²) in [6, 6.07) is 50.1. The van der Waals surface area contributed by atoms with Gasteiger partial charge >= 0.3 is 30.2 Å². The molecule has 0 radical (unpaired) electrons. The van der Waals surface area contributed by atoms with E-state index in [1.54, 1.807) is 130 Å². The van der Waals surface area contributed by atoms with Gasteiger partial charge in [-0.25, -0.2) is 24.0 Å². The number of hydrogen-bond acceptors (Lipinski definition) is 14. The maximum atomic E-state index is 15.2. The van der Waals surface area contributed by atoms with Crippen LogP contribution in [0.5, 0.6) is 11.5 Å². The summed E-state index contributed by atoms with van der Waals surface area (Å²) in [5.41, 5.74) is 4.61. The van der Waals surface area contributed by atoms with E-state index in [1.807, 2.05) is 92.7 Å².